The fraction of sp³-hybridized carbons (Fsp3) is 0.167. The molecule has 1 N–H and O–H groups in total. The molecule has 0 unspecified atom stereocenters. The molecule has 0 aliphatic carbocycles. The van der Waals surface area contributed by atoms with Gasteiger partial charge in [0, 0.05) is 18.1 Å². The van der Waals surface area contributed by atoms with Crippen molar-refractivity contribution in [3.05, 3.63) is 74.3 Å². The van der Waals surface area contributed by atoms with Crippen LogP contribution in [0.4, 0.5) is 17.6 Å². The number of rotatable bonds is 3. The van der Waals surface area contributed by atoms with Crippen molar-refractivity contribution in [1.29, 1.82) is 0 Å². The minimum atomic E-state index is -4.80. The summed E-state index contributed by atoms with van der Waals surface area (Å²) in [7, 11) is 0. The van der Waals surface area contributed by atoms with Crippen molar-refractivity contribution in [1.82, 2.24) is 4.73 Å². The first-order valence-electron chi connectivity index (χ1n) is 7.64. The first-order chi connectivity index (χ1) is 12.6. The van der Waals surface area contributed by atoms with E-state index < -0.39 is 17.6 Å². The van der Waals surface area contributed by atoms with Gasteiger partial charge < -0.3 is 9.94 Å². The van der Waals surface area contributed by atoms with Gasteiger partial charge in [-0.15, -0.1) is 13.2 Å². The highest BCUT2D eigenvalue weighted by atomic mass is 35.5. The molecule has 3 rings (SSSR count). The Morgan fingerprint density at radius 1 is 1.19 bits per heavy atom. The average Bonchev–Trinajstić information content (AvgIpc) is 2.59. The summed E-state index contributed by atoms with van der Waals surface area (Å²) in [4.78, 5) is 12.7. The Labute approximate surface area is 155 Å². The predicted molar refractivity (Wildman–Crippen MR) is 91.0 cm³/mol. The monoisotopic (exact) mass is 401 g/mol. The molecule has 142 valence electrons. The van der Waals surface area contributed by atoms with Crippen LogP contribution in [-0.2, 0) is 6.42 Å². The van der Waals surface area contributed by atoms with Gasteiger partial charge in [-0.25, -0.2) is 4.39 Å². The number of pyridine rings is 1. The highest BCUT2D eigenvalue weighted by Gasteiger charge is 2.31. The molecule has 0 atom stereocenters. The van der Waals surface area contributed by atoms with E-state index in [2.05, 4.69) is 4.74 Å². The molecule has 0 fully saturated rings. The molecule has 2 aromatic carbocycles. The Morgan fingerprint density at radius 3 is 2.41 bits per heavy atom. The molecular weight excluding hydrogens is 390 g/mol. The van der Waals surface area contributed by atoms with Crippen LogP contribution in [-0.4, -0.2) is 16.3 Å². The molecule has 0 amide bonds. The van der Waals surface area contributed by atoms with Crippen molar-refractivity contribution >= 4 is 22.5 Å². The van der Waals surface area contributed by atoms with Gasteiger partial charge in [-0.3, -0.25) is 4.79 Å². The number of halogens is 5. The molecule has 0 saturated carbocycles. The number of hydrogen-bond acceptors (Lipinski definition) is 3. The third-order valence-electron chi connectivity index (χ3n) is 4.08. The molecule has 0 spiro atoms. The number of benzene rings is 2. The number of ether oxygens (including phenoxy) is 1. The van der Waals surface area contributed by atoms with Crippen molar-refractivity contribution in [3.8, 4) is 5.75 Å². The van der Waals surface area contributed by atoms with Crippen LogP contribution in [0.5, 0.6) is 5.75 Å². The van der Waals surface area contributed by atoms with Gasteiger partial charge in [-0.1, -0.05) is 23.7 Å². The molecule has 0 radical (unpaired) electrons. The van der Waals surface area contributed by atoms with Crippen LogP contribution in [0, 0.1) is 12.7 Å². The van der Waals surface area contributed by atoms with E-state index in [1.807, 2.05) is 0 Å². The minimum Gasteiger partial charge on any atom is -0.428 e. The Kier molecular flexibility index (Phi) is 4.77. The van der Waals surface area contributed by atoms with Crippen LogP contribution >= 0.6 is 11.6 Å². The SMILES string of the molecule is Cc1c(Cc2ccc(OC(F)(F)F)cc2)c(=O)c2cc(Cl)c(F)cc2n1O. The van der Waals surface area contributed by atoms with E-state index in [1.165, 1.54) is 19.1 Å². The molecule has 4 nitrogen and oxygen atoms in total. The van der Waals surface area contributed by atoms with Gasteiger partial charge in [0.1, 0.15) is 11.6 Å². The van der Waals surface area contributed by atoms with E-state index in [0.29, 0.717) is 10.3 Å². The summed E-state index contributed by atoms with van der Waals surface area (Å²) >= 11 is 5.72. The number of nitrogens with zero attached hydrogens (tertiary/aromatic N) is 1. The third kappa shape index (κ3) is 3.85. The second kappa shape index (κ2) is 6.77. The smallest absolute Gasteiger partial charge is 0.428 e. The fourth-order valence-electron chi connectivity index (χ4n) is 2.75. The quantitative estimate of drug-likeness (QED) is 0.505. The van der Waals surface area contributed by atoms with Gasteiger partial charge in [-0.05, 0) is 30.7 Å². The molecule has 1 aromatic heterocycles. The van der Waals surface area contributed by atoms with E-state index in [0.717, 1.165) is 24.3 Å². The maximum absolute atomic E-state index is 13.6. The van der Waals surface area contributed by atoms with Crippen LogP contribution in [0.2, 0.25) is 5.02 Å². The second-order valence-corrected chi connectivity index (χ2v) is 6.26. The number of hydrogen-bond donors (Lipinski definition) is 1. The summed E-state index contributed by atoms with van der Waals surface area (Å²) in [6, 6.07) is 7.10. The Hall–Kier alpha value is -2.74. The number of aromatic nitrogens is 1. The van der Waals surface area contributed by atoms with Gasteiger partial charge in [0.25, 0.3) is 0 Å². The van der Waals surface area contributed by atoms with Crippen molar-refractivity contribution in [3.63, 3.8) is 0 Å². The molecule has 0 saturated heterocycles. The zero-order chi connectivity index (χ0) is 19.9. The summed E-state index contributed by atoms with van der Waals surface area (Å²) in [6.07, 6.45) is -4.75. The number of fused-ring (bicyclic) bond motifs is 1. The topological polar surface area (TPSA) is 51.5 Å². The second-order valence-electron chi connectivity index (χ2n) is 5.86. The first kappa shape index (κ1) is 19.0. The molecule has 9 heteroatoms. The maximum Gasteiger partial charge on any atom is 0.573 e. The molecule has 0 bridgehead atoms. The lowest BCUT2D eigenvalue weighted by molar-refractivity contribution is -0.274. The number of alkyl halides is 3. The van der Waals surface area contributed by atoms with Gasteiger partial charge >= 0.3 is 6.36 Å². The van der Waals surface area contributed by atoms with E-state index in [4.69, 9.17) is 11.6 Å². The van der Waals surface area contributed by atoms with Gasteiger partial charge in [0.05, 0.1) is 21.6 Å². The van der Waals surface area contributed by atoms with Crippen LogP contribution in [0.15, 0.2) is 41.2 Å². The molecular formula is C18H12ClF4NO3. The summed E-state index contributed by atoms with van der Waals surface area (Å²) in [6.45, 7) is 1.48. The van der Waals surface area contributed by atoms with Crippen molar-refractivity contribution in [2.45, 2.75) is 19.7 Å². The predicted octanol–water partition coefficient (Wildman–Crippen LogP) is 4.83. The van der Waals surface area contributed by atoms with Crippen LogP contribution in [0.3, 0.4) is 0 Å². The van der Waals surface area contributed by atoms with Crippen molar-refractivity contribution in [2.24, 2.45) is 0 Å². The lowest BCUT2D eigenvalue weighted by Gasteiger charge is -2.14. The van der Waals surface area contributed by atoms with E-state index in [-0.39, 0.29) is 39.4 Å². The summed E-state index contributed by atoms with van der Waals surface area (Å²) < 4.78 is 54.8. The standard InChI is InChI=1S/C18H12ClF4NO3/c1-9-12(6-10-2-4-11(5-3-10)27-18(21,22)23)17(25)13-7-14(19)15(20)8-16(13)24(9)26/h2-5,7-8,26H,6H2,1H3. The molecule has 0 aliphatic rings. The van der Waals surface area contributed by atoms with Crippen molar-refractivity contribution in [2.75, 3.05) is 0 Å². The van der Waals surface area contributed by atoms with Gasteiger partial charge in [0.15, 0.2) is 5.43 Å². The largest absolute Gasteiger partial charge is 0.573 e. The summed E-state index contributed by atoms with van der Waals surface area (Å²) in [5.41, 5.74) is 0.432. The Bertz CT molecular complexity index is 1080. The Balaban J connectivity index is 2.02. The third-order valence-corrected chi connectivity index (χ3v) is 4.37. The van der Waals surface area contributed by atoms with Crippen LogP contribution in [0.1, 0.15) is 16.8 Å². The Morgan fingerprint density at radius 2 is 1.81 bits per heavy atom. The van der Waals surface area contributed by atoms with Crippen molar-refractivity contribution < 1.29 is 27.5 Å². The van der Waals surface area contributed by atoms with Gasteiger partial charge in [0.2, 0.25) is 0 Å². The van der Waals surface area contributed by atoms with E-state index >= 15 is 0 Å². The molecule has 27 heavy (non-hydrogen) atoms. The minimum absolute atomic E-state index is 0.0292. The molecule has 3 aromatic rings. The highest BCUT2D eigenvalue weighted by Crippen LogP contribution is 2.25. The first-order valence-corrected chi connectivity index (χ1v) is 8.02. The fourth-order valence-corrected chi connectivity index (χ4v) is 2.91. The normalized spacial score (nSPS) is 11.8. The van der Waals surface area contributed by atoms with E-state index in [1.54, 1.807) is 0 Å². The zero-order valence-corrected chi connectivity index (χ0v) is 14.5. The summed E-state index contributed by atoms with van der Waals surface area (Å²) in [5, 5.41) is 10.0. The van der Waals surface area contributed by atoms with E-state index in [9.17, 15) is 27.6 Å². The van der Waals surface area contributed by atoms with Gasteiger partial charge in [-0.2, -0.15) is 4.73 Å². The molecule has 0 aliphatic heterocycles. The maximum atomic E-state index is 13.6. The average molecular weight is 402 g/mol. The van der Waals surface area contributed by atoms with Crippen LogP contribution < -0.4 is 10.2 Å². The lowest BCUT2D eigenvalue weighted by atomic mass is 10.0. The highest BCUT2D eigenvalue weighted by molar-refractivity contribution is 6.31. The van der Waals surface area contributed by atoms with Crippen LogP contribution in [0.25, 0.3) is 10.9 Å². The molecule has 1 heterocycles. The summed E-state index contributed by atoms with van der Waals surface area (Å²) in [5.74, 6) is -1.16. The zero-order valence-electron chi connectivity index (χ0n) is 13.8. The lowest BCUT2D eigenvalue weighted by Crippen LogP contribution is -2.19.